The fourth-order valence-corrected chi connectivity index (χ4v) is 2.44. The minimum atomic E-state index is -0.102. The van der Waals surface area contributed by atoms with Gasteiger partial charge in [-0.15, -0.1) is 0 Å². The molecule has 2 amide bonds. The molecule has 3 nitrogen and oxygen atoms in total. The average molecular weight is 272 g/mol. The van der Waals surface area contributed by atoms with Gasteiger partial charge in [0.2, 0.25) is 0 Å². The van der Waals surface area contributed by atoms with Crippen molar-refractivity contribution in [1.29, 1.82) is 0 Å². The minimum Gasteiger partial charge on any atom is -0.338 e. The normalized spacial score (nSPS) is 14.8. The Balaban J connectivity index is 1.66. The van der Waals surface area contributed by atoms with E-state index in [9.17, 15) is 4.79 Å². The molecule has 0 bridgehead atoms. The van der Waals surface area contributed by atoms with Crippen LogP contribution in [0.3, 0.4) is 0 Å². The summed E-state index contributed by atoms with van der Waals surface area (Å²) in [6.45, 7) is 2.74. The molecule has 1 aromatic carbocycles. The Morgan fingerprint density at radius 2 is 1.85 bits per heavy atom. The predicted octanol–water partition coefficient (Wildman–Crippen LogP) is 3.68. The number of rotatable bonds is 4. The highest BCUT2D eigenvalue weighted by molar-refractivity contribution is 5.74. The number of urea groups is 1. The Morgan fingerprint density at radius 3 is 2.55 bits per heavy atom. The highest BCUT2D eigenvalue weighted by Gasteiger charge is 2.05. The third kappa shape index (κ3) is 5.08. The standard InChI is InChI=1S/C17H24N2O/c1-14-7-9-15(10-8-14)11-12-18-17(20)19-13-16-5-3-2-4-6-16/h7-10,13H,2-6,11-12H2,1H3,(H2,18,19,20). The molecule has 0 saturated heterocycles. The summed E-state index contributed by atoms with van der Waals surface area (Å²) < 4.78 is 0. The molecule has 0 radical (unpaired) electrons. The molecule has 1 aromatic rings. The van der Waals surface area contributed by atoms with Gasteiger partial charge in [-0.05, 0) is 44.6 Å². The van der Waals surface area contributed by atoms with Crippen LogP contribution in [-0.4, -0.2) is 12.6 Å². The Labute approximate surface area is 121 Å². The average Bonchev–Trinajstić information content (AvgIpc) is 2.48. The summed E-state index contributed by atoms with van der Waals surface area (Å²) in [5, 5.41) is 5.73. The van der Waals surface area contributed by atoms with Crippen molar-refractivity contribution in [2.75, 3.05) is 6.54 Å². The van der Waals surface area contributed by atoms with E-state index in [1.807, 2.05) is 6.20 Å². The molecule has 0 unspecified atom stereocenters. The van der Waals surface area contributed by atoms with Crippen LogP contribution in [0.15, 0.2) is 36.0 Å². The van der Waals surface area contributed by atoms with Crippen LogP contribution >= 0.6 is 0 Å². The van der Waals surface area contributed by atoms with Gasteiger partial charge in [-0.25, -0.2) is 4.79 Å². The topological polar surface area (TPSA) is 41.1 Å². The monoisotopic (exact) mass is 272 g/mol. The quantitative estimate of drug-likeness (QED) is 0.862. The van der Waals surface area contributed by atoms with E-state index in [0.717, 1.165) is 19.3 Å². The molecule has 0 spiro atoms. The number of carbonyl (C=O) groups is 1. The Hall–Kier alpha value is -1.77. The van der Waals surface area contributed by atoms with Gasteiger partial charge in [0.25, 0.3) is 0 Å². The fourth-order valence-electron chi connectivity index (χ4n) is 2.44. The van der Waals surface area contributed by atoms with Gasteiger partial charge in [0.1, 0.15) is 0 Å². The van der Waals surface area contributed by atoms with Crippen LogP contribution in [0.4, 0.5) is 4.79 Å². The van der Waals surface area contributed by atoms with E-state index in [2.05, 4.69) is 41.8 Å². The van der Waals surface area contributed by atoms with E-state index in [1.165, 1.54) is 36.0 Å². The number of amides is 2. The first-order valence-electron chi connectivity index (χ1n) is 7.52. The molecule has 1 aliphatic carbocycles. The van der Waals surface area contributed by atoms with Crippen molar-refractivity contribution in [3.05, 3.63) is 47.2 Å². The summed E-state index contributed by atoms with van der Waals surface area (Å²) >= 11 is 0. The van der Waals surface area contributed by atoms with Gasteiger partial charge in [0.05, 0.1) is 0 Å². The second kappa shape index (κ2) is 7.73. The summed E-state index contributed by atoms with van der Waals surface area (Å²) in [5.74, 6) is 0. The lowest BCUT2D eigenvalue weighted by atomic mass is 9.96. The van der Waals surface area contributed by atoms with Crippen molar-refractivity contribution < 1.29 is 4.79 Å². The largest absolute Gasteiger partial charge is 0.338 e. The molecular weight excluding hydrogens is 248 g/mol. The molecule has 0 aliphatic heterocycles. The van der Waals surface area contributed by atoms with Gasteiger partial charge in [-0.2, -0.15) is 0 Å². The molecule has 1 saturated carbocycles. The number of nitrogens with one attached hydrogen (secondary N) is 2. The van der Waals surface area contributed by atoms with Crippen LogP contribution in [-0.2, 0) is 6.42 Å². The Kier molecular flexibility index (Phi) is 5.66. The molecule has 1 fully saturated rings. The second-order valence-corrected chi connectivity index (χ2v) is 5.50. The van der Waals surface area contributed by atoms with E-state index < -0.39 is 0 Å². The maximum atomic E-state index is 11.7. The van der Waals surface area contributed by atoms with Gasteiger partial charge in [0, 0.05) is 12.7 Å². The van der Waals surface area contributed by atoms with Crippen LogP contribution in [0.5, 0.6) is 0 Å². The summed E-state index contributed by atoms with van der Waals surface area (Å²) in [6, 6.07) is 8.32. The van der Waals surface area contributed by atoms with E-state index in [-0.39, 0.29) is 6.03 Å². The van der Waals surface area contributed by atoms with E-state index in [1.54, 1.807) is 0 Å². The van der Waals surface area contributed by atoms with Crippen molar-refractivity contribution in [3.8, 4) is 0 Å². The molecule has 0 atom stereocenters. The Morgan fingerprint density at radius 1 is 1.15 bits per heavy atom. The van der Waals surface area contributed by atoms with Gasteiger partial charge < -0.3 is 10.6 Å². The third-order valence-electron chi connectivity index (χ3n) is 3.72. The molecule has 3 heteroatoms. The lowest BCUT2D eigenvalue weighted by molar-refractivity contribution is 0.244. The number of hydrogen-bond donors (Lipinski definition) is 2. The molecule has 0 aromatic heterocycles. The number of aryl methyl sites for hydroxylation is 1. The van der Waals surface area contributed by atoms with Gasteiger partial charge >= 0.3 is 6.03 Å². The third-order valence-corrected chi connectivity index (χ3v) is 3.72. The highest BCUT2D eigenvalue weighted by atomic mass is 16.2. The zero-order valence-electron chi connectivity index (χ0n) is 12.2. The summed E-state index contributed by atoms with van der Waals surface area (Å²) in [5.41, 5.74) is 3.88. The van der Waals surface area contributed by atoms with Crippen molar-refractivity contribution >= 4 is 6.03 Å². The molecular formula is C17H24N2O. The molecule has 1 aliphatic rings. The van der Waals surface area contributed by atoms with Crippen LogP contribution in [0.1, 0.15) is 43.2 Å². The van der Waals surface area contributed by atoms with Crippen molar-refractivity contribution in [1.82, 2.24) is 10.6 Å². The first kappa shape index (κ1) is 14.6. The molecule has 108 valence electrons. The van der Waals surface area contributed by atoms with Crippen LogP contribution in [0.2, 0.25) is 0 Å². The smallest absolute Gasteiger partial charge is 0.318 e. The lowest BCUT2D eigenvalue weighted by Gasteiger charge is -2.13. The summed E-state index contributed by atoms with van der Waals surface area (Å²) in [4.78, 5) is 11.7. The predicted molar refractivity (Wildman–Crippen MR) is 82.6 cm³/mol. The number of hydrogen-bond acceptors (Lipinski definition) is 1. The van der Waals surface area contributed by atoms with Crippen molar-refractivity contribution in [2.24, 2.45) is 0 Å². The minimum absolute atomic E-state index is 0.102. The zero-order valence-corrected chi connectivity index (χ0v) is 12.2. The van der Waals surface area contributed by atoms with Gasteiger partial charge in [-0.1, -0.05) is 41.8 Å². The zero-order chi connectivity index (χ0) is 14.2. The summed E-state index contributed by atoms with van der Waals surface area (Å²) in [6.07, 6.45) is 8.84. The van der Waals surface area contributed by atoms with E-state index in [0.29, 0.717) is 6.54 Å². The van der Waals surface area contributed by atoms with Gasteiger partial charge in [0.15, 0.2) is 0 Å². The van der Waals surface area contributed by atoms with Crippen molar-refractivity contribution in [3.63, 3.8) is 0 Å². The maximum absolute atomic E-state index is 11.7. The SMILES string of the molecule is Cc1ccc(CCNC(=O)NC=C2CCCCC2)cc1. The van der Waals surface area contributed by atoms with E-state index in [4.69, 9.17) is 0 Å². The van der Waals surface area contributed by atoms with Gasteiger partial charge in [-0.3, -0.25) is 0 Å². The second-order valence-electron chi connectivity index (χ2n) is 5.50. The van der Waals surface area contributed by atoms with Crippen LogP contribution in [0, 0.1) is 6.92 Å². The summed E-state index contributed by atoms with van der Waals surface area (Å²) in [7, 11) is 0. The van der Waals surface area contributed by atoms with E-state index >= 15 is 0 Å². The number of carbonyl (C=O) groups excluding carboxylic acids is 1. The van der Waals surface area contributed by atoms with Crippen molar-refractivity contribution in [2.45, 2.75) is 45.4 Å². The first-order valence-corrected chi connectivity index (χ1v) is 7.52. The number of allylic oxidation sites excluding steroid dienone is 1. The van der Waals surface area contributed by atoms with Crippen LogP contribution < -0.4 is 10.6 Å². The molecule has 2 rings (SSSR count). The fraction of sp³-hybridized carbons (Fsp3) is 0.471. The first-order chi connectivity index (χ1) is 9.74. The Bertz CT molecular complexity index is 454. The van der Waals surface area contributed by atoms with Crippen LogP contribution in [0.25, 0.3) is 0 Å². The molecule has 20 heavy (non-hydrogen) atoms. The highest BCUT2D eigenvalue weighted by Crippen LogP contribution is 2.21. The number of benzene rings is 1. The lowest BCUT2D eigenvalue weighted by Crippen LogP contribution is -2.33. The maximum Gasteiger partial charge on any atom is 0.318 e. The molecule has 2 N–H and O–H groups in total. The molecule has 0 heterocycles.